The van der Waals surface area contributed by atoms with E-state index in [2.05, 4.69) is 0 Å². The summed E-state index contributed by atoms with van der Waals surface area (Å²) in [5, 5.41) is 5.05. The minimum Gasteiger partial charge on any atom is -0.455 e. The van der Waals surface area contributed by atoms with E-state index in [0.717, 1.165) is 6.42 Å². The zero-order chi connectivity index (χ0) is 15.0. The lowest BCUT2D eigenvalue weighted by molar-refractivity contribution is 0.0586. The molecular weight excluding hydrogens is 268 g/mol. The van der Waals surface area contributed by atoms with E-state index in [9.17, 15) is 13.2 Å². The largest absolute Gasteiger partial charge is 0.455 e. The van der Waals surface area contributed by atoms with Gasteiger partial charge in [0.2, 0.25) is 10.0 Å². The van der Waals surface area contributed by atoms with Crippen molar-refractivity contribution in [3.8, 4) is 0 Å². The van der Waals surface area contributed by atoms with Crippen molar-refractivity contribution in [3.05, 3.63) is 17.6 Å². The molecule has 108 valence electrons. The van der Waals surface area contributed by atoms with Crippen molar-refractivity contribution in [1.29, 1.82) is 0 Å². The highest BCUT2D eigenvalue weighted by Gasteiger charge is 2.30. The van der Waals surface area contributed by atoms with Crippen molar-refractivity contribution >= 4 is 15.9 Å². The summed E-state index contributed by atoms with van der Waals surface area (Å²) in [6.07, 6.45) is 0.761. The van der Waals surface area contributed by atoms with Crippen LogP contribution in [0.25, 0.3) is 0 Å². The second-order valence-electron chi connectivity index (χ2n) is 5.11. The molecule has 0 saturated carbocycles. The maximum absolute atomic E-state index is 12.2. The van der Waals surface area contributed by atoms with Crippen molar-refractivity contribution in [1.82, 2.24) is 4.90 Å². The molecule has 1 rings (SSSR count). The van der Waals surface area contributed by atoms with Gasteiger partial charge in [-0.05, 0) is 27.2 Å². The molecule has 0 aliphatic carbocycles. The standard InChI is InChI=1S/C12H20N2O4S/c1-6-12(3,4)14(5)11(15)9-7-10(8(2)18-9)19(13,16)17/h7H,6H2,1-5H3,(H2,13,16,17). The van der Waals surface area contributed by atoms with E-state index in [1.165, 1.54) is 17.9 Å². The normalized spacial score (nSPS) is 12.5. The summed E-state index contributed by atoms with van der Waals surface area (Å²) < 4.78 is 27.8. The lowest BCUT2D eigenvalue weighted by atomic mass is 10.00. The van der Waals surface area contributed by atoms with E-state index in [-0.39, 0.29) is 27.9 Å². The highest BCUT2D eigenvalue weighted by atomic mass is 32.2. The lowest BCUT2D eigenvalue weighted by Gasteiger charge is -2.34. The van der Waals surface area contributed by atoms with Crippen LogP contribution in [-0.4, -0.2) is 31.8 Å². The number of hydrogen-bond donors (Lipinski definition) is 1. The summed E-state index contributed by atoms with van der Waals surface area (Å²) in [5.74, 6) is -0.274. The van der Waals surface area contributed by atoms with Crippen LogP contribution in [0.3, 0.4) is 0 Å². The first-order chi connectivity index (χ1) is 8.50. The molecule has 0 fully saturated rings. The van der Waals surface area contributed by atoms with Gasteiger partial charge in [-0.25, -0.2) is 13.6 Å². The van der Waals surface area contributed by atoms with Gasteiger partial charge < -0.3 is 9.32 Å². The van der Waals surface area contributed by atoms with Gasteiger partial charge in [0.05, 0.1) is 0 Å². The number of aryl methyl sites for hydroxylation is 1. The van der Waals surface area contributed by atoms with Crippen LogP contribution in [0.4, 0.5) is 0 Å². The number of rotatable bonds is 4. The third-order valence-corrected chi connectivity index (χ3v) is 4.49. The third kappa shape index (κ3) is 3.16. The van der Waals surface area contributed by atoms with Crippen LogP contribution in [0.15, 0.2) is 15.4 Å². The number of primary sulfonamides is 1. The SMILES string of the molecule is CCC(C)(C)N(C)C(=O)c1cc(S(N)(=O)=O)c(C)o1. The number of sulfonamides is 1. The molecule has 0 unspecified atom stereocenters. The van der Waals surface area contributed by atoms with Crippen molar-refractivity contribution in [2.24, 2.45) is 5.14 Å². The van der Waals surface area contributed by atoms with Gasteiger partial charge in [-0.2, -0.15) is 0 Å². The maximum atomic E-state index is 12.2. The molecule has 0 radical (unpaired) electrons. The average Bonchev–Trinajstić information content (AvgIpc) is 2.69. The predicted molar refractivity (Wildman–Crippen MR) is 71.3 cm³/mol. The number of amides is 1. The Labute approximate surface area is 113 Å². The van der Waals surface area contributed by atoms with Crippen LogP contribution in [0.2, 0.25) is 0 Å². The molecule has 1 heterocycles. The van der Waals surface area contributed by atoms with Crippen LogP contribution in [0.1, 0.15) is 43.5 Å². The molecule has 0 bridgehead atoms. The van der Waals surface area contributed by atoms with Crippen LogP contribution in [0.5, 0.6) is 0 Å². The summed E-state index contributed by atoms with van der Waals surface area (Å²) in [6, 6.07) is 1.18. The second-order valence-corrected chi connectivity index (χ2v) is 6.64. The lowest BCUT2D eigenvalue weighted by Crippen LogP contribution is -2.44. The molecule has 7 heteroatoms. The Bertz CT molecular complexity index is 587. The third-order valence-electron chi connectivity index (χ3n) is 3.47. The van der Waals surface area contributed by atoms with Gasteiger partial charge in [-0.3, -0.25) is 4.79 Å². The number of nitrogens with zero attached hydrogens (tertiary/aromatic N) is 1. The van der Waals surface area contributed by atoms with Crippen LogP contribution >= 0.6 is 0 Å². The molecule has 0 atom stereocenters. The molecular formula is C12H20N2O4S. The Morgan fingerprint density at radius 1 is 1.47 bits per heavy atom. The summed E-state index contributed by atoms with van der Waals surface area (Å²) in [5.41, 5.74) is -0.348. The molecule has 1 aromatic heterocycles. The first-order valence-corrected chi connectivity index (χ1v) is 7.46. The van der Waals surface area contributed by atoms with E-state index in [4.69, 9.17) is 9.56 Å². The van der Waals surface area contributed by atoms with E-state index in [1.807, 2.05) is 20.8 Å². The van der Waals surface area contributed by atoms with Gasteiger partial charge in [-0.15, -0.1) is 0 Å². The fourth-order valence-electron chi connectivity index (χ4n) is 1.53. The summed E-state index contributed by atoms with van der Waals surface area (Å²) >= 11 is 0. The highest BCUT2D eigenvalue weighted by Crippen LogP contribution is 2.23. The quantitative estimate of drug-likeness (QED) is 0.908. The number of furan rings is 1. The Hall–Kier alpha value is -1.34. The molecule has 0 saturated heterocycles. The molecule has 1 amide bonds. The molecule has 0 aromatic carbocycles. The summed E-state index contributed by atoms with van der Waals surface area (Å²) in [6.45, 7) is 7.26. The Morgan fingerprint density at radius 3 is 2.37 bits per heavy atom. The molecule has 19 heavy (non-hydrogen) atoms. The van der Waals surface area contributed by atoms with Crippen LogP contribution in [-0.2, 0) is 10.0 Å². The number of carbonyl (C=O) groups is 1. The first kappa shape index (κ1) is 15.7. The van der Waals surface area contributed by atoms with E-state index < -0.39 is 10.0 Å². The smallest absolute Gasteiger partial charge is 0.289 e. The van der Waals surface area contributed by atoms with Gasteiger partial charge in [0.25, 0.3) is 5.91 Å². The average molecular weight is 288 g/mol. The minimum atomic E-state index is -3.88. The zero-order valence-electron chi connectivity index (χ0n) is 11.9. The van der Waals surface area contributed by atoms with Crippen molar-refractivity contribution in [2.45, 2.75) is 44.6 Å². The molecule has 6 nitrogen and oxygen atoms in total. The maximum Gasteiger partial charge on any atom is 0.289 e. The van der Waals surface area contributed by atoms with Gasteiger partial charge in [0.1, 0.15) is 10.7 Å². The van der Waals surface area contributed by atoms with Gasteiger partial charge in [0.15, 0.2) is 5.76 Å². The molecule has 2 N–H and O–H groups in total. The fourth-order valence-corrected chi connectivity index (χ4v) is 2.24. The second kappa shape index (κ2) is 4.97. The minimum absolute atomic E-state index is 0.0226. The summed E-state index contributed by atoms with van der Waals surface area (Å²) in [7, 11) is -2.22. The van der Waals surface area contributed by atoms with Gasteiger partial charge in [-0.1, -0.05) is 6.92 Å². The van der Waals surface area contributed by atoms with Crippen molar-refractivity contribution in [3.63, 3.8) is 0 Å². The number of nitrogens with two attached hydrogens (primary N) is 1. The molecule has 0 aliphatic heterocycles. The Balaban J connectivity index is 3.16. The van der Waals surface area contributed by atoms with Crippen molar-refractivity contribution in [2.75, 3.05) is 7.05 Å². The van der Waals surface area contributed by atoms with Crippen molar-refractivity contribution < 1.29 is 17.6 Å². The van der Waals surface area contributed by atoms with Gasteiger partial charge >= 0.3 is 0 Å². The molecule has 1 aromatic rings. The van der Waals surface area contributed by atoms with E-state index in [0.29, 0.717) is 0 Å². The highest BCUT2D eigenvalue weighted by molar-refractivity contribution is 7.89. The zero-order valence-corrected chi connectivity index (χ0v) is 12.7. The first-order valence-electron chi connectivity index (χ1n) is 5.92. The predicted octanol–water partition coefficient (Wildman–Crippen LogP) is 1.50. The number of hydrogen-bond acceptors (Lipinski definition) is 4. The molecule has 0 spiro atoms. The monoisotopic (exact) mass is 288 g/mol. The van der Waals surface area contributed by atoms with Crippen LogP contribution in [0, 0.1) is 6.92 Å². The topological polar surface area (TPSA) is 93.6 Å². The van der Waals surface area contributed by atoms with E-state index >= 15 is 0 Å². The molecule has 0 aliphatic rings. The fraction of sp³-hybridized carbons (Fsp3) is 0.583. The van der Waals surface area contributed by atoms with Crippen LogP contribution < -0.4 is 5.14 Å². The number of carbonyl (C=O) groups excluding carboxylic acids is 1. The Morgan fingerprint density at radius 2 is 2.00 bits per heavy atom. The summed E-state index contributed by atoms with van der Waals surface area (Å²) in [4.78, 5) is 13.6. The van der Waals surface area contributed by atoms with Gasteiger partial charge in [0, 0.05) is 18.7 Å². The Kier molecular flexibility index (Phi) is 4.11. The van der Waals surface area contributed by atoms with E-state index in [1.54, 1.807) is 7.05 Å².